The summed E-state index contributed by atoms with van der Waals surface area (Å²) in [6.45, 7) is 4.17. The molecule has 0 bridgehead atoms. The standard InChI is InChI=1S/C25H32N2O2/c1-19(21-12-11-20-7-5-6-8-22(20)17-21)27-24(28)26-18-25(13-15-29-16-14-25)23-9-3-2-4-10-23/h2-4,9-12,17,19H,5-8,13-16,18H2,1H3,(H2,26,27,28)/t19-/m0/s1. The molecule has 1 atom stereocenters. The van der Waals surface area contributed by atoms with Gasteiger partial charge in [0.2, 0.25) is 0 Å². The van der Waals surface area contributed by atoms with Crippen LogP contribution in [0.2, 0.25) is 0 Å². The van der Waals surface area contributed by atoms with Gasteiger partial charge in [-0.05, 0) is 67.7 Å². The van der Waals surface area contributed by atoms with Crippen molar-refractivity contribution >= 4 is 6.03 Å². The summed E-state index contributed by atoms with van der Waals surface area (Å²) < 4.78 is 5.59. The van der Waals surface area contributed by atoms with Crippen LogP contribution in [0, 0.1) is 0 Å². The minimum Gasteiger partial charge on any atom is -0.381 e. The smallest absolute Gasteiger partial charge is 0.315 e. The molecule has 0 saturated carbocycles. The molecule has 2 aromatic carbocycles. The minimum atomic E-state index is -0.1000. The van der Waals surface area contributed by atoms with Crippen molar-refractivity contribution < 1.29 is 9.53 Å². The maximum Gasteiger partial charge on any atom is 0.315 e. The highest BCUT2D eigenvalue weighted by Crippen LogP contribution is 2.34. The number of hydrogen-bond donors (Lipinski definition) is 2. The first-order valence-electron chi connectivity index (χ1n) is 11.0. The van der Waals surface area contributed by atoms with E-state index in [0.717, 1.165) is 32.5 Å². The van der Waals surface area contributed by atoms with Gasteiger partial charge in [0.25, 0.3) is 0 Å². The zero-order chi connectivity index (χ0) is 20.1. The summed E-state index contributed by atoms with van der Waals surface area (Å²) in [4.78, 5) is 12.7. The number of urea groups is 1. The summed E-state index contributed by atoms with van der Waals surface area (Å²) in [6, 6.07) is 17.1. The van der Waals surface area contributed by atoms with Gasteiger partial charge in [-0.25, -0.2) is 4.79 Å². The van der Waals surface area contributed by atoms with E-state index in [9.17, 15) is 4.79 Å². The summed E-state index contributed by atoms with van der Waals surface area (Å²) in [6.07, 6.45) is 6.75. The number of benzene rings is 2. The number of ether oxygens (including phenoxy) is 1. The maximum absolute atomic E-state index is 12.7. The predicted octanol–water partition coefficient (Wildman–Crippen LogP) is 4.67. The number of carbonyl (C=O) groups excluding carboxylic acids is 1. The Balaban J connectivity index is 1.38. The Morgan fingerprint density at radius 2 is 1.76 bits per heavy atom. The van der Waals surface area contributed by atoms with Gasteiger partial charge < -0.3 is 15.4 Å². The van der Waals surface area contributed by atoms with Gasteiger partial charge in [0.15, 0.2) is 0 Å². The number of amides is 2. The Kier molecular flexibility index (Phi) is 6.19. The first-order chi connectivity index (χ1) is 14.2. The average Bonchev–Trinajstić information content (AvgIpc) is 2.78. The van der Waals surface area contributed by atoms with Gasteiger partial charge in [0, 0.05) is 25.2 Å². The Morgan fingerprint density at radius 3 is 2.52 bits per heavy atom. The zero-order valence-electron chi connectivity index (χ0n) is 17.4. The molecular formula is C25H32N2O2. The van der Waals surface area contributed by atoms with Crippen molar-refractivity contribution in [1.29, 1.82) is 0 Å². The first-order valence-corrected chi connectivity index (χ1v) is 11.0. The molecule has 4 heteroatoms. The summed E-state index contributed by atoms with van der Waals surface area (Å²) in [5.41, 5.74) is 5.34. The van der Waals surface area contributed by atoms with Crippen LogP contribution in [0.15, 0.2) is 48.5 Å². The van der Waals surface area contributed by atoms with Gasteiger partial charge in [-0.2, -0.15) is 0 Å². The molecule has 2 amide bonds. The molecule has 2 N–H and O–H groups in total. The molecule has 0 radical (unpaired) electrons. The van der Waals surface area contributed by atoms with Gasteiger partial charge in [-0.1, -0.05) is 48.5 Å². The molecule has 1 saturated heterocycles. The van der Waals surface area contributed by atoms with E-state index >= 15 is 0 Å². The molecule has 1 heterocycles. The van der Waals surface area contributed by atoms with Gasteiger partial charge in [-0.15, -0.1) is 0 Å². The molecule has 0 spiro atoms. The number of aryl methyl sites for hydroxylation is 2. The first kappa shape index (κ1) is 20.0. The third-order valence-electron chi connectivity index (χ3n) is 6.64. The van der Waals surface area contributed by atoms with Crippen LogP contribution >= 0.6 is 0 Å². The lowest BCUT2D eigenvalue weighted by Gasteiger charge is -2.38. The monoisotopic (exact) mass is 392 g/mol. The Hall–Kier alpha value is -2.33. The maximum atomic E-state index is 12.7. The van der Waals surface area contributed by atoms with E-state index in [1.165, 1.54) is 41.5 Å². The number of nitrogens with one attached hydrogen (secondary N) is 2. The summed E-state index contributed by atoms with van der Waals surface area (Å²) in [5, 5.41) is 6.28. The summed E-state index contributed by atoms with van der Waals surface area (Å²) >= 11 is 0. The van der Waals surface area contributed by atoms with Gasteiger partial charge >= 0.3 is 6.03 Å². The Morgan fingerprint density at radius 1 is 1.03 bits per heavy atom. The van der Waals surface area contributed by atoms with Gasteiger partial charge in [0.05, 0.1) is 6.04 Å². The van der Waals surface area contributed by atoms with Crippen molar-refractivity contribution in [2.45, 2.75) is 56.9 Å². The van der Waals surface area contributed by atoms with E-state index in [1.807, 2.05) is 6.07 Å². The van der Waals surface area contributed by atoms with Crippen molar-refractivity contribution in [3.8, 4) is 0 Å². The third-order valence-corrected chi connectivity index (χ3v) is 6.64. The van der Waals surface area contributed by atoms with E-state index in [4.69, 9.17) is 4.74 Å². The highest BCUT2D eigenvalue weighted by molar-refractivity contribution is 5.74. The van der Waals surface area contributed by atoms with Crippen molar-refractivity contribution in [3.05, 3.63) is 70.8 Å². The number of fused-ring (bicyclic) bond motifs is 1. The molecule has 1 fully saturated rings. The topological polar surface area (TPSA) is 50.4 Å². The second-order valence-electron chi connectivity index (χ2n) is 8.54. The molecule has 154 valence electrons. The van der Waals surface area contributed by atoms with Gasteiger partial charge in [-0.3, -0.25) is 0 Å². The molecular weight excluding hydrogens is 360 g/mol. The Labute approximate surface area is 174 Å². The molecule has 1 aliphatic carbocycles. The Bertz CT molecular complexity index is 828. The lowest BCUT2D eigenvalue weighted by molar-refractivity contribution is 0.0506. The zero-order valence-corrected chi connectivity index (χ0v) is 17.4. The molecule has 29 heavy (non-hydrogen) atoms. The van der Waals surface area contributed by atoms with E-state index in [-0.39, 0.29) is 17.5 Å². The number of rotatable bonds is 5. The van der Waals surface area contributed by atoms with Crippen molar-refractivity contribution in [3.63, 3.8) is 0 Å². The second kappa shape index (κ2) is 9.00. The van der Waals surface area contributed by atoms with Crippen LogP contribution in [-0.2, 0) is 23.0 Å². The van der Waals surface area contributed by atoms with Crippen LogP contribution in [0.5, 0.6) is 0 Å². The second-order valence-corrected chi connectivity index (χ2v) is 8.54. The quantitative estimate of drug-likeness (QED) is 0.777. The van der Waals surface area contributed by atoms with Crippen LogP contribution in [0.25, 0.3) is 0 Å². The number of carbonyl (C=O) groups is 1. The van der Waals surface area contributed by atoms with Crippen LogP contribution in [0.4, 0.5) is 4.79 Å². The van der Waals surface area contributed by atoms with Crippen LogP contribution in [0.1, 0.15) is 60.9 Å². The van der Waals surface area contributed by atoms with Crippen molar-refractivity contribution in [2.24, 2.45) is 0 Å². The molecule has 4 nitrogen and oxygen atoms in total. The average molecular weight is 393 g/mol. The van der Waals surface area contributed by atoms with E-state index in [2.05, 4.69) is 60.0 Å². The third kappa shape index (κ3) is 4.64. The minimum absolute atomic E-state index is 0.00964. The lowest BCUT2D eigenvalue weighted by Crippen LogP contribution is -2.47. The predicted molar refractivity (Wildman–Crippen MR) is 116 cm³/mol. The van der Waals surface area contributed by atoms with E-state index in [1.54, 1.807) is 0 Å². The molecule has 2 aliphatic rings. The van der Waals surface area contributed by atoms with Crippen molar-refractivity contribution in [2.75, 3.05) is 19.8 Å². The fourth-order valence-corrected chi connectivity index (χ4v) is 4.72. The normalized spacial score (nSPS) is 19.1. The van der Waals surface area contributed by atoms with Gasteiger partial charge in [0.1, 0.15) is 0 Å². The molecule has 0 unspecified atom stereocenters. The molecule has 0 aromatic heterocycles. The summed E-state index contributed by atoms with van der Waals surface area (Å²) in [5.74, 6) is 0. The fraction of sp³-hybridized carbons (Fsp3) is 0.480. The fourth-order valence-electron chi connectivity index (χ4n) is 4.72. The highest BCUT2D eigenvalue weighted by atomic mass is 16.5. The van der Waals surface area contributed by atoms with E-state index < -0.39 is 0 Å². The summed E-state index contributed by atoms with van der Waals surface area (Å²) in [7, 11) is 0. The molecule has 2 aromatic rings. The largest absolute Gasteiger partial charge is 0.381 e. The molecule has 4 rings (SSSR count). The van der Waals surface area contributed by atoms with Crippen LogP contribution in [0.3, 0.4) is 0 Å². The SMILES string of the molecule is C[C@H](NC(=O)NCC1(c2ccccc2)CCOCC1)c1ccc2c(c1)CCCC2. The van der Waals surface area contributed by atoms with Crippen molar-refractivity contribution in [1.82, 2.24) is 10.6 Å². The van der Waals surface area contributed by atoms with E-state index in [0.29, 0.717) is 6.54 Å². The van der Waals surface area contributed by atoms with Crippen LogP contribution in [-0.4, -0.2) is 25.8 Å². The number of hydrogen-bond acceptors (Lipinski definition) is 2. The molecule has 1 aliphatic heterocycles. The van der Waals surface area contributed by atoms with Crippen LogP contribution < -0.4 is 10.6 Å². The lowest BCUT2D eigenvalue weighted by atomic mass is 9.74. The highest BCUT2D eigenvalue weighted by Gasteiger charge is 2.34.